The number of carbonyl (C=O) groups is 2. The lowest BCUT2D eigenvalue weighted by Gasteiger charge is -2.34. The fourth-order valence-corrected chi connectivity index (χ4v) is 4.22. The molecule has 0 unspecified atom stereocenters. The highest BCUT2D eigenvalue weighted by molar-refractivity contribution is 6.07. The van der Waals surface area contributed by atoms with Gasteiger partial charge < -0.3 is 15.0 Å². The number of fused-ring (bicyclic) bond motifs is 2. The molecular weight excluding hydrogens is 304 g/mol. The molecule has 5 nitrogen and oxygen atoms in total. The summed E-state index contributed by atoms with van der Waals surface area (Å²) in [5.74, 6) is 0.137. The minimum atomic E-state index is -0.589. The van der Waals surface area contributed by atoms with Gasteiger partial charge in [-0.25, -0.2) is 0 Å². The van der Waals surface area contributed by atoms with Gasteiger partial charge in [0.05, 0.1) is 24.5 Å². The second kappa shape index (κ2) is 6.93. The smallest absolute Gasteiger partial charge is 0.237 e. The second-order valence-corrected chi connectivity index (χ2v) is 6.56. The van der Waals surface area contributed by atoms with E-state index in [9.17, 15) is 9.59 Å². The quantitative estimate of drug-likeness (QED) is 0.816. The Hall–Kier alpha value is -1.88. The minimum absolute atomic E-state index is 0.0438. The van der Waals surface area contributed by atoms with Crippen molar-refractivity contribution in [2.24, 2.45) is 0 Å². The normalized spacial score (nSPS) is 25.2. The average molecular weight is 330 g/mol. The molecule has 1 saturated heterocycles. The van der Waals surface area contributed by atoms with E-state index in [0.717, 1.165) is 24.1 Å². The van der Waals surface area contributed by atoms with Crippen molar-refractivity contribution >= 4 is 17.5 Å². The van der Waals surface area contributed by atoms with E-state index in [1.54, 1.807) is 0 Å². The van der Waals surface area contributed by atoms with Gasteiger partial charge in [-0.1, -0.05) is 31.5 Å². The Morgan fingerprint density at radius 2 is 2.17 bits per heavy atom. The van der Waals surface area contributed by atoms with Crippen LogP contribution in [0.1, 0.15) is 45.1 Å². The predicted molar refractivity (Wildman–Crippen MR) is 92.9 cm³/mol. The number of hydrogen-bond acceptors (Lipinski definition) is 3. The summed E-state index contributed by atoms with van der Waals surface area (Å²) in [5.41, 5.74) is 1.36. The van der Waals surface area contributed by atoms with Crippen molar-refractivity contribution in [3.63, 3.8) is 0 Å². The summed E-state index contributed by atoms with van der Waals surface area (Å²) < 4.78 is 5.33. The Morgan fingerprint density at radius 1 is 1.38 bits per heavy atom. The zero-order valence-corrected chi connectivity index (χ0v) is 14.5. The molecule has 3 rings (SSSR count). The molecule has 2 heterocycles. The lowest BCUT2D eigenvalue weighted by molar-refractivity contribution is -0.134. The molecule has 0 bridgehead atoms. The van der Waals surface area contributed by atoms with E-state index in [-0.39, 0.29) is 17.9 Å². The van der Waals surface area contributed by atoms with Crippen LogP contribution in [0.5, 0.6) is 0 Å². The minimum Gasteiger partial charge on any atom is -0.381 e. The molecule has 0 aliphatic carbocycles. The SMILES string of the molecule is CCC[C@@H]1N(C(=O)CCOCC)CC[C@@]12C(=O)Nc1ccccc12. The fourth-order valence-electron chi connectivity index (χ4n) is 4.22. The summed E-state index contributed by atoms with van der Waals surface area (Å²) in [6.45, 7) is 5.73. The molecule has 5 heteroatoms. The Labute approximate surface area is 143 Å². The first-order chi connectivity index (χ1) is 11.6. The zero-order valence-electron chi connectivity index (χ0n) is 14.5. The van der Waals surface area contributed by atoms with Crippen LogP contribution < -0.4 is 5.32 Å². The first-order valence-corrected chi connectivity index (χ1v) is 8.93. The molecular formula is C19H26N2O3. The molecule has 2 aliphatic heterocycles. The Kier molecular flexibility index (Phi) is 4.90. The topological polar surface area (TPSA) is 58.6 Å². The molecule has 130 valence electrons. The van der Waals surface area contributed by atoms with Crippen molar-refractivity contribution in [3.05, 3.63) is 29.8 Å². The Bertz CT molecular complexity index is 631. The van der Waals surface area contributed by atoms with Gasteiger partial charge in [-0.3, -0.25) is 9.59 Å². The third kappa shape index (κ3) is 2.61. The molecule has 1 spiro atoms. The summed E-state index contributed by atoms with van der Waals surface area (Å²) in [5, 5.41) is 3.03. The second-order valence-electron chi connectivity index (χ2n) is 6.56. The summed E-state index contributed by atoms with van der Waals surface area (Å²) >= 11 is 0. The Balaban J connectivity index is 1.89. The Morgan fingerprint density at radius 3 is 2.92 bits per heavy atom. The third-order valence-corrected chi connectivity index (χ3v) is 5.30. The van der Waals surface area contributed by atoms with Crippen molar-refractivity contribution in [1.82, 2.24) is 4.90 Å². The number of likely N-dealkylation sites (tertiary alicyclic amines) is 1. The molecule has 1 aromatic rings. The maximum absolute atomic E-state index is 12.9. The van der Waals surface area contributed by atoms with E-state index in [0.29, 0.717) is 32.6 Å². The number of hydrogen-bond donors (Lipinski definition) is 1. The molecule has 0 saturated carbocycles. The van der Waals surface area contributed by atoms with Crippen molar-refractivity contribution in [3.8, 4) is 0 Å². The zero-order chi connectivity index (χ0) is 17.2. The molecule has 2 atom stereocenters. The molecule has 2 aliphatic rings. The lowest BCUT2D eigenvalue weighted by atomic mass is 9.73. The fraction of sp³-hybridized carbons (Fsp3) is 0.579. The first-order valence-electron chi connectivity index (χ1n) is 8.93. The molecule has 1 N–H and O–H groups in total. The highest BCUT2D eigenvalue weighted by Gasteiger charge is 2.58. The van der Waals surface area contributed by atoms with Gasteiger partial charge in [-0.15, -0.1) is 0 Å². The number of rotatable bonds is 6. The molecule has 1 fully saturated rings. The van der Waals surface area contributed by atoms with E-state index in [1.807, 2.05) is 36.1 Å². The van der Waals surface area contributed by atoms with Crippen molar-refractivity contribution in [2.45, 2.75) is 51.0 Å². The van der Waals surface area contributed by atoms with Crippen LogP contribution in [-0.4, -0.2) is 42.5 Å². The maximum Gasteiger partial charge on any atom is 0.237 e. The molecule has 1 aromatic carbocycles. The van der Waals surface area contributed by atoms with E-state index < -0.39 is 5.41 Å². The van der Waals surface area contributed by atoms with Crippen LogP contribution in [0.25, 0.3) is 0 Å². The predicted octanol–water partition coefficient (Wildman–Crippen LogP) is 2.70. The number of benzene rings is 1. The van der Waals surface area contributed by atoms with Crippen molar-refractivity contribution in [1.29, 1.82) is 0 Å². The van der Waals surface area contributed by atoms with E-state index >= 15 is 0 Å². The lowest BCUT2D eigenvalue weighted by Crippen LogP contribution is -2.48. The van der Waals surface area contributed by atoms with Crippen LogP contribution in [0.3, 0.4) is 0 Å². The number of ether oxygens (including phenoxy) is 1. The van der Waals surface area contributed by atoms with Gasteiger partial charge in [0.15, 0.2) is 0 Å². The number of amides is 2. The third-order valence-electron chi connectivity index (χ3n) is 5.30. The van der Waals surface area contributed by atoms with E-state index in [2.05, 4.69) is 12.2 Å². The first kappa shape index (κ1) is 17.0. The molecule has 2 amide bonds. The summed E-state index contributed by atoms with van der Waals surface area (Å²) in [6, 6.07) is 7.82. The number of para-hydroxylation sites is 1. The van der Waals surface area contributed by atoms with Gasteiger partial charge in [0.1, 0.15) is 0 Å². The molecule has 0 radical (unpaired) electrons. The van der Waals surface area contributed by atoms with Gasteiger partial charge in [-0.2, -0.15) is 0 Å². The van der Waals surface area contributed by atoms with Crippen LogP contribution in [-0.2, 0) is 19.7 Å². The number of nitrogens with one attached hydrogen (secondary N) is 1. The van der Waals surface area contributed by atoms with E-state index in [4.69, 9.17) is 4.74 Å². The van der Waals surface area contributed by atoms with Crippen molar-refractivity contribution < 1.29 is 14.3 Å². The van der Waals surface area contributed by atoms with Gasteiger partial charge in [0.25, 0.3) is 0 Å². The molecule has 0 aromatic heterocycles. The van der Waals surface area contributed by atoms with Crippen molar-refractivity contribution in [2.75, 3.05) is 25.1 Å². The van der Waals surface area contributed by atoms with Gasteiger partial charge in [0, 0.05) is 18.8 Å². The van der Waals surface area contributed by atoms with Crippen LogP contribution in [0.4, 0.5) is 5.69 Å². The average Bonchev–Trinajstić information content (AvgIpc) is 3.09. The standard InChI is InChI=1S/C19H26N2O3/c1-3-7-16-19(11-12-21(16)17(22)10-13-24-4-2)14-8-5-6-9-15(14)20-18(19)23/h5-6,8-9,16H,3-4,7,10-13H2,1-2H3,(H,20,23)/t16-,19-/m0/s1. The monoisotopic (exact) mass is 330 g/mol. The maximum atomic E-state index is 12.9. The van der Waals surface area contributed by atoms with Crippen LogP contribution >= 0.6 is 0 Å². The summed E-state index contributed by atoms with van der Waals surface area (Å²) in [7, 11) is 0. The highest BCUT2D eigenvalue weighted by atomic mass is 16.5. The number of nitrogens with zero attached hydrogens (tertiary/aromatic N) is 1. The van der Waals surface area contributed by atoms with Gasteiger partial charge in [-0.05, 0) is 31.4 Å². The highest BCUT2D eigenvalue weighted by Crippen LogP contribution is 2.49. The summed E-state index contributed by atoms with van der Waals surface area (Å²) in [6.07, 6.45) is 2.85. The summed E-state index contributed by atoms with van der Waals surface area (Å²) in [4.78, 5) is 27.5. The van der Waals surface area contributed by atoms with Gasteiger partial charge >= 0.3 is 0 Å². The number of anilines is 1. The van der Waals surface area contributed by atoms with Crippen LogP contribution in [0.2, 0.25) is 0 Å². The van der Waals surface area contributed by atoms with Gasteiger partial charge in [0.2, 0.25) is 11.8 Å². The largest absolute Gasteiger partial charge is 0.381 e. The van der Waals surface area contributed by atoms with Crippen LogP contribution in [0, 0.1) is 0 Å². The molecule has 24 heavy (non-hydrogen) atoms. The van der Waals surface area contributed by atoms with Crippen LogP contribution in [0.15, 0.2) is 24.3 Å². The van der Waals surface area contributed by atoms with E-state index in [1.165, 1.54) is 0 Å². The number of carbonyl (C=O) groups excluding carboxylic acids is 2.